The van der Waals surface area contributed by atoms with Gasteiger partial charge in [0.15, 0.2) is 9.84 Å². The van der Waals surface area contributed by atoms with Gasteiger partial charge in [-0.05, 0) is 24.5 Å². The third-order valence-electron chi connectivity index (χ3n) is 4.61. The quantitative estimate of drug-likeness (QED) is 0.861. The van der Waals surface area contributed by atoms with Crippen LogP contribution in [0.5, 0.6) is 0 Å². The highest BCUT2D eigenvalue weighted by atomic mass is 32.2. The van der Waals surface area contributed by atoms with Crippen LogP contribution in [-0.2, 0) is 16.3 Å². The molecule has 1 aromatic carbocycles. The molecule has 0 bridgehead atoms. The number of aryl methyl sites for hydroxylation is 1. The van der Waals surface area contributed by atoms with Crippen LogP contribution < -0.4 is 5.32 Å². The molecule has 26 heavy (non-hydrogen) atoms. The maximum absolute atomic E-state index is 12.5. The van der Waals surface area contributed by atoms with Crippen molar-refractivity contribution in [2.45, 2.75) is 25.8 Å². The molecular formula is C18H22N4O3S. The van der Waals surface area contributed by atoms with E-state index < -0.39 is 9.84 Å². The first-order valence-corrected chi connectivity index (χ1v) is 10.4. The minimum absolute atomic E-state index is 0.0100. The number of carbonyl (C=O) groups is 1. The van der Waals surface area contributed by atoms with Gasteiger partial charge < -0.3 is 10.2 Å². The number of amides is 1. The Balaban J connectivity index is 1.70. The van der Waals surface area contributed by atoms with Crippen molar-refractivity contribution in [3.63, 3.8) is 0 Å². The van der Waals surface area contributed by atoms with E-state index in [2.05, 4.69) is 22.2 Å². The molecule has 1 aromatic heterocycles. The zero-order valence-corrected chi connectivity index (χ0v) is 15.7. The molecule has 1 aliphatic heterocycles. The molecule has 1 N–H and O–H groups in total. The normalized spacial score (nSPS) is 18.5. The molecule has 138 valence electrons. The second-order valence-corrected chi connectivity index (χ2v) is 8.62. The third kappa shape index (κ3) is 4.01. The van der Waals surface area contributed by atoms with Crippen LogP contribution in [0, 0.1) is 0 Å². The van der Waals surface area contributed by atoms with Crippen LogP contribution in [0.2, 0.25) is 0 Å². The van der Waals surface area contributed by atoms with Crippen LogP contribution >= 0.6 is 0 Å². The van der Waals surface area contributed by atoms with E-state index in [-0.39, 0.29) is 29.1 Å². The van der Waals surface area contributed by atoms with Gasteiger partial charge in [0.05, 0.1) is 23.9 Å². The van der Waals surface area contributed by atoms with E-state index in [4.69, 9.17) is 0 Å². The number of sulfone groups is 1. The van der Waals surface area contributed by atoms with Crippen molar-refractivity contribution >= 4 is 27.2 Å². The summed E-state index contributed by atoms with van der Waals surface area (Å²) in [4.78, 5) is 22.4. The third-order valence-corrected chi connectivity index (χ3v) is 6.36. The highest BCUT2D eigenvalue weighted by Crippen LogP contribution is 2.20. The molecule has 2 aromatic rings. The van der Waals surface area contributed by atoms with E-state index >= 15 is 0 Å². The molecule has 2 heterocycles. The van der Waals surface area contributed by atoms with Gasteiger partial charge in [-0.15, -0.1) is 0 Å². The minimum atomic E-state index is -3.04. The molecule has 0 radical (unpaired) electrons. The summed E-state index contributed by atoms with van der Waals surface area (Å²) in [5.41, 5.74) is 2.32. The van der Waals surface area contributed by atoms with E-state index in [1.807, 2.05) is 24.3 Å². The van der Waals surface area contributed by atoms with E-state index in [9.17, 15) is 13.2 Å². The predicted molar refractivity (Wildman–Crippen MR) is 100 cm³/mol. The fraction of sp³-hybridized carbons (Fsp3) is 0.389. The summed E-state index contributed by atoms with van der Waals surface area (Å²) in [6.45, 7) is 2.08. The van der Waals surface area contributed by atoms with Crippen LogP contribution in [-0.4, -0.2) is 53.8 Å². The average molecular weight is 374 g/mol. The fourth-order valence-corrected chi connectivity index (χ4v) is 4.79. The SMILES string of the molecule is CCc1ccccc1Nc1cnc(C(=O)N(C)C2CCS(=O)(=O)C2)cn1. The standard InChI is InChI=1S/C18H22N4O3S/c1-3-13-6-4-5-7-15(13)21-17-11-19-16(10-20-17)18(23)22(2)14-8-9-26(24,25)12-14/h4-7,10-11,14H,3,8-9,12H2,1-2H3,(H,20,21). The Kier molecular flexibility index (Phi) is 5.22. The van der Waals surface area contributed by atoms with Crippen molar-refractivity contribution in [1.29, 1.82) is 0 Å². The van der Waals surface area contributed by atoms with Crippen molar-refractivity contribution in [2.75, 3.05) is 23.9 Å². The molecule has 0 saturated carbocycles. The van der Waals surface area contributed by atoms with Gasteiger partial charge in [0.25, 0.3) is 5.91 Å². The number of anilines is 2. The number of rotatable bonds is 5. The molecule has 1 atom stereocenters. The maximum atomic E-state index is 12.5. The largest absolute Gasteiger partial charge is 0.339 e. The first-order chi connectivity index (χ1) is 12.4. The van der Waals surface area contributed by atoms with Crippen molar-refractivity contribution in [3.05, 3.63) is 47.9 Å². The number of nitrogens with zero attached hydrogens (tertiary/aromatic N) is 3. The van der Waals surface area contributed by atoms with Gasteiger partial charge in [0.1, 0.15) is 11.5 Å². The smallest absolute Gasteiger partial charge is 0.274 e. The maximum Gasteiger partial charge on any atom is 0.274 e. The van der Waals surface area contributed by atoms with Gasteiger partial charge >= 0.3 is 0 Å². The number of para-hydroxylation sites is 1. The molecule has 1 saturated heterocycles. The van der Waals surface area contributed by atoms with E-state index in [0.29, 0.717) is 12.2 Å². The molecule has 3 rings (SSSR count). The Hall–Kier alpha value is -2.48. The summed E-state index contributed by atoms with van der Waals surface area (Å²) >= 11 is 0. The van der Waals surface area contributed by atoms with Gasteiger partial charge in [-0.3, -0.25) is 4.79 Å². The van der Waals surface area contributed by atoms with Crippen LogP contribution in [0.4, 0.5) is 11.5 Å². The Labute approximate surface area is 153 Å². The monoisotopic (exact) mass is 374 g/mol. The number of carbonyl (C=O) groups excluding carboxylic acids is 1. The summed E-state index contributed by atoms with van der Waals surface area (Å²) in [6, 6.07) is 7.63. The summed E-state index contributed by atoms with van der Waals surface area (Å²) in [6.07, 6.45) is 4.28. The zero-order chi connectivity index (χ0) is 18.7. The molecule has 7 nitrogen and oxygen atoms in total. The Morgan fingerprint density at radius 1 is 1.27 bits per heavy atom. The number of hydrogen-bond donors (Lipinski definition) is 1. The van der Waals surface area contributed by atoms with E-state index in [1.54, 1.807) is 7.05 Å². The molecule has 1 amide bonds. The highest BCUT2D eigenvalue weighted by Gasteiger charge is 2.33. The molecule has 1 aliphatic rings. The topological polar surface area (TPSA) is 92.3 Å². The number of aromatic nitrogens is 2. The predicted octanol–water partition coefficient (Wildman–Crippen LogP) is 2.04. The summed E-state index contributed by atoms with van der Waals surface area (Å²) in [7, 11) is -1.43. The first kappa shape index (κ1) is 18.3. The second-order valence-electron chi connectivity index (χ2n) is 6.40. The molecule has 8 heteroatoms. The number of nitrogens with one attached hydrogen (secondary N) is 1. The van der Waals surface area contributed by atoms with Gasteiger partial charge in [0.2, 0.25) is 0 Å². The lowest BCUT2D eigenvalue weighted by Crippen LogP contribution is -2.38. The molecule has 0 spiro atoms. The van der Waals surface area contributed by atoms with E-state index in [0.717, 1.165) is 17.7 Å². The van der Waals surface area contributed by atoms with Crippen molar-refractivity contribution < 1.29 is 13.2 Å². The summed E-state index contributed by atoms with van der Waals surface area (Å²) in [5.74, 6) is 0.366. The summed E-state index contributed by atoms with van der Waals surface area (Å²) < 4.78 is 23.2. The summed E-state index contributed by atoms with van der Waals surface area (Å²) in [5, 5.41) is 3.21. The van der Waals surface area contributed by atoms with Gasteiger partial charge in [-0.25, -0.2) is 18.4 Å². The number of hydrogen-bond acceptors (Lipinski definition) is 6. The fourth-order valence-electron chi connectivity index (χ4n) is 3.02. The number of benzene rings is 1. The lowest BCUT2D eigenvalue weighted by atomic mass is 10.1. The molecule has 0 aliphatic carbocycles. The van der Waals surface area contributed by atoms with Crippen molar-refractivity contribution in [2.24, 2.45) is 0 Å². The van der Waals surface area contributed by atoms with Crippen molar-refractivity contribution in [3.8, 4) is 0 Å². The van der Waals surface area contributed by atoms with E-state index in [1.165, 1.54) is 17.3 Å². The lowest BCUT2D eigenvalue weighted by Gasteiger charge is -2.22. The second kappa shape index (κ2) is 7.41. The average Bonchev–Trinajstić information content (AvgIpc) is 3.01. The molecule has 1 fully saturated rings. The van der Waals surface area contributed by atoms with Gasteiger partial charge in [0, 0.05) is 18.8 Å². The van der Waals surface area contributed by atoms with Crippen molar-refractivity contribution in [1.82, 2.24) is 14.9 Å². The Morgan fingerprint density at radius 3 is 2.65 bits per heavy atom. The highest BCUT2D eigenvalue weighted by molar-refractivity contribution is 7.91. The van der Waals surface area contributed by atoms with Crippen LogP contribution in [0.25, 0.3) is 0 Å². The van der Waals surface area contributed by atoms with Crippen LogP contribution in [0.15, 0.2) is 36.7 Å². The lowest BCUT2D eigenvalue weighted by molar-refractivity contribution is 0.0741. The van der Waals surface area contributed by atoms with Crippen LogP contribution in [0.3, 0.4) is 0 Å². The first-order valence-electron chi connectivity index (χ1n) is 8.54. The zero-order valence-electron chi connectivity index (χ0n) is 14.8. The minimum Gasteiger partial charge on any atom is -0.339 e. The Bertz CT molecular complexity index is 897. The Morgan fingerprint density at radius 2 is 2.04 bits per heavy atom. The molecule has 1 unspecified atom stereocenters. The van der Waals surface area contributed by atoms with Crippen LogP contribution in [0.1, 0.15) is 29.4 Å². The van der Waals surface area contributed by atoms with Gasteiger partial charge in [-0.2, -0.15) is 0 Å². The van der Waals surface area contributed by atoms with Gasteiger partial charge in [-0.1, -0.05) is 25.1 Å². The molecular weight excluding hydrogens is 352 g/mol.